The molecule has 0 aromatic heterocycles. The van der Waals surface area contributed by atoms with Gasteiger partial charge in [0.2, 0.25) is 18.6 Å². The predicted octanol–water partition coefficient (Wildman–Crippen LogP) is 3.01. The standard InChI is InChI=1S/C31H48N4O6/c1-5-6-14-32(15-7-8-18-35(2,3)4)29(37)21-34-20-24(23-11-12-26-27(19-23)41-22-40-26)30(31(38)39)25(34)13-17-33-16-9-10-28(33)36/h11-12,19,24-25,30H,5-10,13-18,20-22H2,1-4H3/p+1/t24?,25-,30+/m1/s1. The first kappa shape index (κ1) is 31.1. The molecule has 1 aromatic carbocycles. The number of unbranched alkanes of at least 4 members (excludes halogenated alkanes) is 2. The highest BCUT2D eigenvalue weighted by atomic mass is 16.7. The van der Waals surface area contributed by atoms with Crippen LogP contribution in [0, 0.1) is 5.92 Å². The van der Waals surface area contributed by atoms with Crippen LogP contribution in [0.2, 0.25) is 0 Å². The highest BCUT2D eigenvalue weighted by Gasteiger charge is 2.47. The smallest absolute Gasteiger partial charge is 0.308 e. The Labute approximate surface area is 244 Å². The van der Waals surface area contributed by atoms with Gasteiger partial charge in [-0.1, -0.05) is 19.4 Å². The Balaban J connectivity index is 1.52. The molecular formula is C31H49N4O6+. The van der Waals surface area contributed by atoms with Crippen LogP contribution < -0.4 is 9.47 Å². The first-order valence-electron chi connectivity index (χ1n) is 15.3. The van der Waals surface area contributed by atoms with Crippen molar-refractivity contribution in [1.29, 1.82) is 0 Å². The van der Waals surface area contributed by atoms with E-state index in [4.69, 9.17) is 9.47 Å². The van der Waals surface area contributed by atoms with E-state index in [1.807, 2.05) is 28.0 Å². The zero-order valence-electron chi connectivity index (χ0n) is 25.3. The summed E-state index contributed by atoms with van der Waals surface area (Å²) in [6.45, 7) is 6.64. The number of benzene rings is 1. The third-order valence-electron chi connectivity index (χ3n) is 8.70. The van der Waals surface area contributed by atoms with E-state index in [9.17, 15) is 19.5 Å². The van der Waals surface area contributed by atoms with Crippen molar-refractivity contribution < 1.29 is 33.4 Å². The zero-order valence-corrected chi connectivity index (χ0v) is 25.3. The van der Waals surface area contributed by atoms with E-state index in [0.717, 1.165) is 48.7 Å². The van der Waals surface area contributed by atoms with E-state index in [2.05, 4.69) is 33.0 Å². The van der Waals surface area contributed by atoms with Crippen molar-refractivity contribution in [3.05, 3.63) is 23.8 Å². The van der Waals surface area contributed by atoms with Gasteiger partial charge < -0.3 is 28.9 Å². The molecule has 0 saturated carbocycles. The predicted molar refractivity (Wildman–Crippen MR) is 156 cm³/mol. The van der Waals surface area contributed by atoms with Crippen LogP contribution in [0.4, 0.5) is 0 Å². The molecule has 0 spiro atoms. The number of carbonyl (C=O) groups excluding carboxylic acids is 2. The van der Waals surface area contributed by atoms with Crippen molar-refractivity contribution in [1.82, 2.24) is 14.7 Å². The second kappa shape index (κ2) is 13.9. The summed E-state index contributed by atoms with van der Waals surface area (Å²) >= 11 is 0. The molecule has 3 aliphatic rings. The van der Waals surface area contributed by atoms with E-state index in [-0.39, 0.29) is 37.1 Å². The lowest BCUT2D eigenvalue weighted by atomic mass is 9.84. The molecule has 2 amide bonds. The number of fused-ring (bicyclic) bond motifs is 1. The Bertz CT molecular complexity index is 1070. The third kappa shape index (κ3) is 8.13. The number of nitrogens with zero attached hydrogens (tertiary/aromatic N) is 4. The molecule has 41 heavy (non-hydrogen) atoms. The molecular weight excluding hydrogens is 524 g/mol. The number of carboxylic acids is 1. The number of aliphatic carboxylic acids is 1. The summed E-state index contributed by atoms with van der Waals surface area (Å²) in [4.78, 5) is 44.8. The minimum atomic E-state index is -0.872. The molecule has 10 nitrogen and oxygen atoms in total. The number of ether oxygens (including phenoxy) is 2. The van der Waals surface area contributed by atoms with Crippen molar-refractivity contribution in [2.24, 2.45) is 5.92 Å². The van der Waals surface area contributed by atoms with Gasteiger partial charge in [0.15, 0.2) is 11.5 Å². The van der Waals surface area contributed by atoms with E-state index in [0.29, 0.717) is 57.1 Å². The number of carbonyl (C=O) groups is 3. The van der Waals surface area contributed by atoms with Crippen LogP contribution in [0.5, 0.6) is 11.5 Å². The van der Waals surface area contributed by atoms with Crippen molar-refractivity contribution in [2.45, 2.75) is 63.8 Å². The Morgan fingerprint density at radius 2 is 1.85 bits per heavy atom. The summed E-state index contributed by atoms with van der Waals surface area (Å²) in [7, 11) is 6.54. The molecule has 3 aliphatic heterocycles. The second-order valence-electron chi connectivity index (χ2n) is 12.8. The summed E-state index contributed by atoms with van der Waals surface area (Å²) in [6.07, 6.45) is 5.86. The lowest BCUT2D eigenvalue weighted by Crippen LogP contribution is -2.46. The summed E-state index contributed by atoms with van der Waals surface area (Å²) in [6, 6.07) is 5.29. The van der Waals surface area contributed by atoms with E-state index in [1.165, 1.54) is 0 Å². The van der Waals surface area contributed by atoms with E-state index < -0.39 is 11.9 Å². The fourth-order valence-electron chi connectivity index (χ4n) is 6.44. The molecule has 3 atom stereocenters. The van der Waals surface area contributed by atoms with Crippen molar-refractivity contribution >= 4 is 17.8 Å². The average molecular weight is 574 g/mol. The number of carboxylic acid groups (broad SMARTS) is 1. The Morgan fingerprint density at radius 1 is 1.10 bits per heavy atom. The van der Waals surface area contributed by atoms with Crippen molar-refractivity contribution in [3.63, 3.8) is 0 Å². The maximum absolute atomic E-state index is 13.8. The number of hydrogen-bond acceptors (Lipinski definition) is 6. The molecule has 0 aliphatic carbocycles. The lowest BCUT2D eigenvalue weighted by Gasteiger charge is -2.31. The first-order valence-corrected chi connectivity index (χ1v) is 15.3. The normalized spacial score (nSPS) is 22.5. The van der Waals surface area contributed by atoms with Crippen LogP contribution in [0.15, 0.2) is 18.2 Å². The number of quaternary nitrogens is 1. The molecule has 10 heteroatoms. The van der Waals surface area contributed by atoms with Gasteiger partial charge in [0.05, 0.1) is 40.2 Å². The summed E-state index contributed by atoms with van der Waals surface area (Å²) in [5.41, 5.74) is 0.877. The summed E-state index contributed by atoms with van der Waals surface area (Å²) in [5.74, 6) is -0.404. The molecule has 3 heterocycles. The molecule has 228 valence electrons. The second-order valence-corrected chi connectivity index (χ2v) is 12.8. The van der Waals surface area contributed by atoms with Gasteiger partial charge in [-0.3, -0.25) is 19.3 Å². The van der Waals surface area contributed by atoms with Crippen molar-refractivity contribution in [3.8, 4) is 11.5 Å². The molecule has 1 unspecified atom stereocenters. The van der Waals surface area contributed by atoms with Crippen LogP contribution in [0.3, 0.4) is 0 Å². The maximum Gasteiger partial charge on any atom is 0.308 e. The van der Waals surface area contributed by atoms with Gasteiger partial charge in [-0.05, 0) is 49.8 Å². The van der Waals surface area contributed by atoms with Gasteiger partial charge in [-0.2, -0.15) is 0 Å². The lowest BCUT2D eigenvalue weighted by molar-refractivity contribution is -0.870. The molecule has 2 fully saturated rings. The number of rotatable bonds is 15. The van der Waals surface area contributed by atoms with Crippen LogP contribution in [-0.4, -0.2) is 122 Å². The van der Waals surface area contributed by atoms with Gasteiger partial charge in [0.25, 0.3) is 0 Å². The van der Waals surface area contributed by atoms with Gasteiger partial charge >= 0.3 is 5.97 Å². The van der Waals surface area contributed by atoms with Crippen LogP contribution >= 0.6 is 0 Å². The molecule has 1 N–H and O–H groups in total. The fraction of sp³-hybridized carbons (Fsp3) is 0.710. The molecule has 1 aromatic rings. The van der Waals surface area contributed by atoms with Gasteiger partial charge in [0, 0.05) is 51.1 Å². The average Bonchev–Trinajstić information content (AvgIpc) is 3.64. The fourth-order valence-corrected chi connectivity index (χ4v) is 6.44. The number of likely N-dealkylation sites (tertiary alicyclic amines) is 2. The number of hydrogen-bond donors (Lipinski definition) is 1. The SMILES string of the molecule is CCCCN(CCCC[N+](C)(C)C)C(=O)CN1CC(c2ccc3c(c2)OCO3)[C@H](C(=O)O)[C@H]1CCN1CCCC1=O. The highest BCUT2D eigenvalue weighted by Crippen LogP contribution is 2.42. The Kier molecular flexibility index (Phi) is 10.5. The number of amides is 2. The monoisotopic (exact) mass is 573 g/mol. The summed E-state index contributed by atoms with van der Waals surface area (Å²) < 4.78 is 12.0. The minimum absolute atomic E-state index is 0.0569. The van der Waals surface area contributed by atoms with Crippen molar-refractivity contribution in [2.75, 3.05) is 73.7 Å². The highest BCUT2D eigenvalue weighted by molar-refractivity contribution is 5.79. The minimum Gasteiger partial charge on any atom is -0.481 e. The van der Waals surface area contributed by atoms with Crippen LogP contribution in [-0.2, 0) is 14.4 Å². The topological polar surface area (TPSA) is 99.6 Å². The molecule has 0 bridgehead atoms. The van der Waals surface area contributed by atoms with Crippen LogP contribution in [0.1, 0.15) is 63.4 Å². The molecule has 4 rings (SSSR count). The van der Waals surface area contributed by atoms with E-state index >= 15 is 0 Å². The molecule has 0 radical (unpaired) electrons. The van der Waals surface area contributed by atoms with Crippen LogP contribution in [0.25, 0.3) is 0 Å². The largest absolute Gasteiger partial charge is 0.481 e. The third-order valence-corrected chi connectivity index (χ3v) is 8.70. The summed E-state index contributed by atoms with van der Waals surface area (Å²) in [5, 5.41) is 10.5. The Morgan fingerprint density at radius 3 is 2.54 bits per heavy atom. The van der Waals surface area contributed by atoms with Gasteiger partial charge in [-0.25, -0.2) is 0 Å². The quantitative estimate of drug-likeness (QED) is 0.254. The van der Waals surface area contributed by atoms with Gasteiger partial charge in [0.1, 0.15) is 0 Å². The first-order chi connectivity index (χ1) is 19.6. The van der Waals surface area contributed by atoms with Gasteiger partial charge in [-0.15, -0.1) is 0 Å². The zero-order chi connectivity index (χ0) is 29.6. The Hall–Kier alpha value is -2.85. The molecule has 2 saturated heterocycles. The van der Waals surface area contributed by atoms with E-state index in [1.54, 1.807) is 0 Å². The maximum atomic E-state index is 13.8.